The van der Waals surface area contributed by atoms with Gasteiger partial charge in [0.1, 0.15) is 0 Å². The van der Waals surface area contributed by atoms with Gasteiger partial charge in [0.25, 0.3) is 0 Å². The smallest absolute Gasteiger partial charge is 0.153 e. The Morgan fingerprint density at radius 1 is 1.70 bits per heavy atom. The van der Waals surface area contributed by atoms with Crippen LogP contribution < -0.4 is 0 Å². The Bertz CT molecular complexity index is 139. The maximum Gasteiger partial charge on any atom is 0.153 e. The van der Waals surface area contributed by atoms with Crippen LogP contribution in [-0.4, -0.2) is 12.7 Å². The molecule has 2 heteroatoms. The molecule has 0 fully saturated rings. The Morgan fingerprint density at radius 3 is 2.30 bits per heavy atom. The Balaban J connectivity index is 4.21. The predicted molar refractivity (Wildman–Crippen MR) is 40.5 cm³/mol. The molecule has 0 bridgehead atoms. The third-order valence-electron chi connectivity index (χ3n) is 2.20. The summed E-state index contributed by atoms with van der Waals surface area (Å²) in [5, 5.41) is 8.71. The van der Waals surface area contributed by atoms with Crippen LogP contribution in [0, 0.1) is 17.2 Å². The third kappa shape index (κ3) is 1.71. The van der Waals surface area contributed by atoms with Gasteiger partial charge >= 0.3 is 0 Å². The van der Waals surface area contributed by atoms with Crippen LogP contribution in [0.5, 0.6) is 0 Å². The number of nitrogens with zero attached hydrogens (tertiary/aromatic N) is 1. The van der Waals surface area contributed by atoms with Crippen molar-refractivity contribution in [2.45, 2.75) is 32.8 Å². The summed E-state index contributed by atoms with van der Waals surface area (Å²) in [4.78, 5) is 0. The Kier molecular flexibility index (Phi) is 3.38. The van der Waals surface area contributed by atoms with Gasteiger partial charge in [-0.2, -0.15) is 5.26 Å². The normalized spacial score (nSPS) is 19.1. The van der Waals surface area contributed by atoms with Crippen molar-refractivity contribution in [1.82, 2.24) is 0 Å². The topological polar surface area (TPSA) is 33.0 Å². The van der Waals surface area contributed by atoms with Gasteiger partial charge in [0, 0.05) is 7.11 Å². The molecule has 0 amide bonds. The maximum absolute atomic E-state index is 8.71. The van der Waals surface area contributed by atoms with Crippen molar-refractivity contribution < 1.29 is 4.74 Å². The van der Waals surface area contributed by atoms with Crippen molar-refractivity contribution in [3.05, 3.63) is 0 Å². The van der Waals surface area contributed by atoms with Crippen LogP contribution >= 0.6 is 0 Å². The fourth-order valence-electron chi connectivity index (χ4n) is 0.747. The molecular weight excluding hydrogens is 126 g/mol. The lowest BCUT2D eigenvalue weighted by molar-refractivity contribution is 0.00932. The monoisotopic (exact) mass is 141 g/mol. The highest BCUT2D eigenvalue weighted by atomic mass is 16.5. The molecule has 0 rings (SSSR count). The van der Waals surface area contributed by atoms with Crippen LogP contribution in [0.3, 0.4) is 0 Å². The summed E-state index contributed by atoms with van der Waals surface area (Å²) in [5.74, 6) is 0.294. The molecule has 0 aromatic carbocycles. The van der Waals surface area contributed by atoms with Crippen molar-refractivity contribution in [2.75, 3.05) is 7.11 Å². The lowest BCUT2D eigenvalue weighted by Crippen LogP contribution is -2.32. The van der Waals surface area contributed by atoms with Gasteiger partial charge in [-0.05, 0) is 19.3 Å². The van der Waals surface area contributed by atoms with E-state index in [1.165, 1.54) is 0 Å². The van der Waals surface area contributed by atoms with Crippen molar-refractivity contribution in [3.63, 3.8) is 0 Å². The summed E-state index contributed by atoms with van der Waals surface area (Å²) in [6.07, 6.45) is 0.970. The van der Waals surface area contributed by atoms with Crippen LogP contribution in [0.1, 0.15) is 27.2 Å². The minimum absolute atomic E-state index is 0.294. The molecule has 0 N–H and O–H groups in total. The van der Waals surface area contributed by atoms with E-state index in [4.69, 9.17) is 10.00 Å². The predicted octanol–water partition coefficient (Wildman–Crippen LogP) is 1.96. The summed E-state index contributed by atoms with van der Waals surface area (Å²) < 4.78 is 5.08. The molecule has 0 heterocycles. The minimum Gasteiger partial charge on any atom is -0.363 e. The second-order valence-electron chi connectivity index (χ2n) is 2.73. The zero-order chi connectivity index (χ0) is 8.20. The summed E-state index contributed by atoms with van der Waals surface area (Å²) in [5.41, 5.74) is -0.602. The van der Waals surface area contributed by atoms with E-state index in [2.05, 4.69) is 13.0 Å². The molecule has 0 aliphatic rings. The largest absolute Gasteiger partial charge is 0.363 e. The Morgan fingerprint density at radius 2 is 2.20 bits per heavy atom. The number of rotatable bonds is 3. The highest BCUT2D eigenvalue weighted by Gasteiger charge is 2.29. The molecule has 58 valence electrons. The fourth-order valence-corrected chi connectivity index (χ4v) is 0.747. The van der Waals surface area contributed by atoms with E-state index in [1.807, 2.05) is 13.8 Å². The molecule has 2 nitrogen and oxygen atoms in total. The van der Waals surface area contributed by atoms with E-state index in [-0.39, 0.29) is 0 Å². The van der Waals surface area contributed by atoms with Gasteiger partial charge in [-0.3, -0.25) is 0 Å². The van der Waals surface area contributed by atoms with Gasteiger partial charge in [-0.25, -0.2) is 0 Å². The molecule has 0 saturated heterocycles. The van der Waals surface area contributed by atoms with E-state index in [0.717, 1.165) is 6.42 Å². The van der Waals surface area contributed by atoms with Gasteiger partial charge in [-0.15, -0.1) is 0 Å². The summed E-state index contributed by atoms with van der Waals surface area (Å²) in [6.45, 7) is 5.90. The van der Waals surface area contributed by atoms with Crippen molar-refractivity contribution in [3.8, 4) is 6.07 Å². The summed E-state index contributed by atoms with van der Waals surface area (Å²) >= 11 is 0. The van der Waals surface area contributed by atoms with Crippen LogP contribution in [0.2, 0.25) is 0 Å². The molecule has 0 spiro atoms. The van der Waals surface area contributed by atoms with Crippen LogP contribution in [0.15, 0.2) is 0 Å². The van der Waals surface area contributed by atoms with E-state index in [0.29, 0.717) is 5.92 Å². The van der Waals surface area contributed by atoms with E-state index < -0.39 is 5.60 Å². The van der Waals surface area contributed by atoms with Crippen molar-refractivity contribution >= 4 is 0 Å². The highest BCUT2D eigenvalue weighted by Crippen LogP contribution is 2.22. The molecule has 0 radical (unpaired) electrons. The summed E-state index contributed by atoms with van der Waals surface area (Å²) in [7, 11) is 1.58. The molecule has 2 unspecified atom stereocenters. The van der Waals surface area contributed by atoms with E-state index in [9.17, 15) is 0 Å². The number of hydrogen-bond donors (Lipinski definition) is 0. The molecule has 2 atom stereocenters. The van der Waals surface area contributed by atoms with Crippen LogP contribution in [0.25, 0.3) is 0 Å². The zero-order valence-electron chi connectivity index (χ0n) is 7.14. The Hall–Kier alpha value is -0.550. The lowest BCUT2D eigenvalue weighted by atomic mass is 9.90. The Labute approximate surface area is 62.8 Å². The molecule has 0 aromatic rings. The number of methoxy groups -OCH3 is 1. The molecular formula is C8H15NO. The van der Waals surface area contributed by atoms with Gasteiger partial charge in [0.2, 0.25) is 0 Å². The molecule has 10 heavy (non-hydrogen) atoms. The highest BCUT2D eigenvalue weighted by molar-refractivity contribution is 5.00. The molecule has 0 aliphatic heterocycles. The van der Waals surface area contributed by atoms with Gasteiger partial charge < -0.3 is 4.74 Å². The number of ether oxygens (including phenoxy) is 1. The number of nitriles is 1. The quantitative estimate of drug-likeness (QED) is 0.602. The second-order valence-corrected chi connectivity index (χ2v) is 2.73. The molecule has 0 saturated carbocycles. The first kappa shape index (κ1) is 9.45. The first-order valence-corrected chi connectivity index (χ1v) is 3.57. The van der Waals surface area contributed by atoms with Gasteiger partial charge in [-0.1, -0.05) is 13.8 Å². The van der Waals surface area contributed by atoms with Crippen molar-refractivity contribution in [1.29, 1.82) is 5.26 Å². The average Bonchev–Trinajstić information content (AvgIpc) is 2.01. The first-order chi connectivity index (χ1) is 4.60. The van der Waals surface area contributed by atoms with E-state index >= 15 is 0 Å². The molecule has 0 aliphatic carbocycles. The fraction of sp³-hybridized carbons (Fsp3) is 0.875. The molecule has 0 aromatic heterocycles. The second kappa shape index (κ2) is 3.58. The summed E-state index contributed by atoms with van der Waals surface area (Å²) in [6, 6.07) is 2.16. The lowest BCUT2D eigenvalue weighted by Gasteiger charge is -2.25. The van der Waals surface area contributed by atoms with Gasteiger partial charge in [0.15, 0.2) is 5.60 Å². The minimum atomic E-state index is -0.602. The zero-order valence-corrected chi connectivity index (χ0v) is 7.14. The standard InChI is InChI=1S/C8H15NO/c1-5-7(2)8(3,6-9)10-4/h7H,5H2,1-4H3. The maximum atomic E-state index is 8.71. The third-order valence-corrected chi connectivity index (χ3v) is 2.20. The van der Waals surface area contributed by atoms with Crippen LogP contribution in [0.4, 0.5) is 0 Å². The van der Waals surface area contributed by atoms with Crippen molar-refractivity contribution in [2.24, 2.45) is 5.92 Å². The number of hydrogen-bond acceptors (Lipinski definition) is 2. The van der Waals surface area contributed by atoms with Gasteiger partial charge in [0.05, 0.1) is 6.07 Å². The van der Waals surface area contributed by atoms with E-state index in [1.54, 1.807) is 7.11 Å². The van der Waals surface area contributed by atoms with Crippen LogP contribution in [-0.2, 0) is 4.74 Å². The first-order valence-electron chi connectivity index (χ1n) is 3.57. The average molecular weight is 141 g/mol. The SMILES string of the molecule is CCC(C)C(C)(C#N)OC.